The zero-order chi connectivity index (χ0) is 21.5. The Labute approximate surface area is 183 Å². The highest BCUT2D eigenvalue weighted by Gasteiger charge is 2.29. The van der Waals surface area contributed by atoms with Crippen molar-refractivity contribution in [3.8, 4) is 5.69 Å². The molecule has 0 saturated carbocycles. The van der Waals surface area contributed by atoms with Gasteiger partial charge in [-0.1, -0.05) is 54.2 Å². The number of urea groups is 1. The van der Waals surface area contributed by atoms with Gasteiger partial charge in [-0.2, -0.15) is 0 Å². The molecule has 0 spiro atoms. The third kappa shape index (κ3) is 3.14. The minimum atomic E-state index is -0.369. The van der Waals surface area contributed by atoms with Gasteiger partial charge in [0.2, 0.25) is 0 Å². The Kier molecular flexibility index (Phi) is 4.67. The maximum atomic E-state index is 13.5. The minimum Gasteiger partial charge on any atom is -0.301 e. The van der Waals surface area contributed by atoms with Crippen LogP contribution < -0.4 is 15.8 Å². The number of hydrogen-bond donors (Lipinski definition) is 1. The van der Waals surface area contributed by atoms with Crippen LogP contribution in [-0.2, 0) is 7.05 Å². The van der Waals surface area contributed by atoms with Crippen LogP contribution in [0.4, 0.5) is 21.9 Å². The fourth-order valence-corrected chi connectivity index (χ4v) is 4.86. The molecule has 2 heterocycles. The number of nitrogens with one attached hydrogen (secondary N) is 1. The molecule has 1 aliphatic rings. The van der Waals surface area contributed by atoms with E-state index in [-0.39, 0.29) is 17.3 Å². The fourth-order valence-electron chi connectivity index (χ4n) is 3.80. The third-order valence-electron chi connectivity index (χ3n) is 5.42. The molecule has 1 N–H and O–H groups in total. The third-order valence-corrected chi connectivity index (χ3v) is 6.55. The number of amides is 2. The van der Waals surface area contributed by atoms with Crippen molar-refractivity contribution < 1.29 is 4.79 Å². The van der Waals surface area contributed by atoms with E-state index in [4.69, 9.17) is 0 Å². The van der Waals surface area contributed by atoms with Gasteiger partial charge in [-0.25, -0.2) is 9.48 Å². The first-order valence-corrected chi connectivity index (χ1v) is 10.7. The summed E-state index contributed by atoms with van der Waals surface area (Å²) in [6, 6.07) is 24.5. The Morgan fingerprint density at radius 1 is 0.839 bits per heavy atom. The van der Waals surface area contributed by atoms with Crippen molar-refractivity contribution in [3.63, 3.8) is 0 Å². The molecule has 0 atom stereocenters. The number of aromatic nitrogens is 2. The van der Waals surface area contributed by atoms with Crippen LogP contribution in [0.15, 0.2) is 93.4 Å². The Morgan fingerprint density at radius 2 is 1.39 bits per heavy atom. The second-order valence-corrected chi connectivity index (χ2v) is 8.32. The van der Waals surface area contributed by atoms with Gasteiger partial charge in [0.1, 0.15) is 5.69 Å². The lowest BCUT2D eigenvalue weighted by Gasteiger charge is -2.30. The van der Waals surface area contributed by atoms with E-state index < -0.39 is 0 Å². The van der Waals surface area contributed by atoms with Crippen LogP contribution in [0.3, 0.4) is 0 Å². The molecule has 4 aromatic rings. The summed E-state index contributed by atoms with van der Waals surface area (Å²) < 4.78 is 3.31. The molecule has 154 valence electrons. The maximum Gasteiger partial charge on any atom is 0.331 e. The fraction of sp³-hybridized carbons (Fsp3) is 0.0833. The Balaban J connectivity index is 1.58. The van der Waals surface area contributed by atoms with Crippen molar-refractivity contribution in [1.29, 1.82) is 0 Å². The van der Waals surface area contributed by atoms with Crippen molar-refractivity contribution in [2.75, 3.05) is 10.2 Å². The van der Waals surface area contributed by atoms with Crippen LogP contribution in [-0.4, -0.2) is 15.4 Å². The molecule has 31 heavy (non-hydrogen) atoms. The molecule has 0 bridgehead atoms. The average Bonchev–Trinajstić information content (AvgIpc) is 3.01. The van der Waals surface area contributed by atoms with Gasteiger partial charge < -0.3 is 5.32 Å². The zero-order valence-corrected chi connectivity index (χ0v) is 17.9. The predicted molar refractivity (Wildman–Crippen MR) is 124 cm³/mol. The normalized spacial score (nSPS) is 12.3. The van der Waals surface area contributed by atoms with Gasteiger partial charge >= 0.3 is 6.03 Å². The number of fused-ring (bicyclic) bond motifs is 2. The molecule has 6 nitrogen and oxygen atoms in total. The topological polar surface area (TPSA) is 59.3 Å². The van der Waals surface area contributed by atoms with Gasteiger partial charge in [0, 0.05) is 16.8 Å². The summed E-state index contributed by atoms with van der Waals surface area (Å²) >= 11 is 1.63. The lowest BCUT2D eigenvalue weighted by Crippen LogP contribution is -2.34. The van der Waals surface area contributed by atoms with E-state index in [1.54, 1.807) is 26.0 Å². The minimum absolute atomic E-state index is 0.268. The quantitative estimate of drug-likeness (QED) is 0.470. The molecular formula is C24H20N4O2S. The van der Waals surface area contributed by atoms with E-state index in [0.29, 0.717) is 5.69 Å². The first-order chi connectivity index (χ1) is 15.1. The number of carbonyl (C=O) groups excluding carboxylic acids is 1. The lowest BCUT2D eigenvalue weighted by atomic mass is 10.2. The van der Waals surface area contributed by atoms with Crippen molar-refractivity contribution >= 4 is 34.9 Å². The van der Waals surface area contributed by atoms with E-state index in [2.05, 4.69) is 5.32 Å². The van der Waals surface area contributed by atoms with Gasteiger partial charge in [0.05, 0.1) is 22.8 Å². The number of para-hydroxylation sites is 3. The number of hydrogen-bond acceptors (Lipinski definition) is 3. The van der Waals surface area contributed by atoms with E-state index in [1.807, 2.05) is 92.8 Å². The summed E-state index contributed by atoms with van der Waals surface area (Å²) in [6.07, 6.45) is 0. The van der Waals surface area contributed by atoms with Crippen molar-refractivity contribution in [1.82, 2.24) is 9.36 Å². The van der Waals surface area contributed by atoms with Gasteiger partial charge in [-0.05, 0) is 43.3 Å². The van der Waals surface area contributed by atoms with Crippen LogP contribution in [0.5, 0.6) is 0 Å². The predicted octanol–water partition coefficient (Wildman–Crippen LogP) is 5.32. The van der Waals surface area contributed by atoms with Crippen molar-refractivity contribution in [2.24, 2.45) is 7.05 Å². The SMILES string of the molecule is Cc1c(NC(=O)N2c3ccccc3Sc3ccccc32)c(=O)n(-c2ccccc2)n1C. The standard InChI is InChI=1S/C24H20N4O2S/c1-16-22(23(29)28(26(16)2)17-10-4-3-5-11-17)25-24(30)27-18-12-6-8-14-20(18)31-21-15-9-7-13-19(21)27/h3-15H,1-2H3,(H,25,30). The monoisotopic (exact) mass is 428 g/mol. The highest BCUT2D eigenvalue weighted by Crippen LogP contribution is 2.48. The van der Waals surface area contributed by atoms with Crippen LogP contribution in [0.1, 0.15) is 5.69 Å². The molecule has 0 unspecified atom stereocenters. The largest absolute Gasteiger partial charge is 0.331 e. The summed E-state index contributed by atoms with van der Waals surface area (Å²) in [5.74, 6) is 0. The highest BCUT2D eigenvalue weighted by atomic mass is 32.2. The lowest BCUT2D eigenvalue weighted by molar-refractivity contribution is 0.258. The number of carbonyl (C=O) groups is 1. The van der Waals surface area contributed by atoms with Crippen LogP contribution >= 0.6 is 11.8 Å². The Hall–Kier alpha value is -3.71. The van der Waals surface area contributed by atoms with E-state index in [9.17, 15) is 9.59 Å². The number of benzene rings is 3. The molecular weight excluding hydrogens is 408 g/mol. The first-order valence-electron chi connectivity index (χ1n) is 9.87. The second kappa shape index (κ2) is 7.52. The Bertz CT molecular complexity index is 1310. The summed E-state index contributed by atoms with van der Waals surface area (Å²) in [4.78, 5) is 30.3. The second-order valence-electron chi connectivity index (χ2n) is 7.24. The van der Waals surface area contributed by atoms with Crippen LogP contribution in [0.2, 0.25) is 0 Å². The van der Waals surface area contributed by atoms with E-state index >= 15 is 0 Å². The molecule has 3 aromatic carbocycles. The number of rotatable bonds is 2. The molecule has 0 fully saturated rings. The molecule has 0 saturated heterocycles. The number of anilines is 3. The summed E-state index contributed by atoms with van der Waals surface area (Å²) in [6.45, 7) is 1.82. The molecule has 2 amide bonds. The summed E-state index contributed by atoms with van der Waals surface area (Å²) in [5.41, 5.74) is 3.00. The van der Waals surface area contributed by atoms with Gasteiger partial charge in [-0.3, -0.25) is 14.4 Å². The highest BCUT2D eigenvalue weighted by molar-refractivity contribution is 7.99. The molecule has 7 heteroatoms. The Morgan fingerprint density at radius 3 is 2.00 bits per heavy atom. The molecule has 0 aliphatic carbocycles. The first kappa shape index (κ1) is 19.3. The summed E-state index contributed by atoms with van der Waals surface area (Å²) in [5, 5.41) is 2.88. The van der Waals surface area contributed by atoms with Gasteiger partial charge in [-0.15, -0.1) is 0 Å². The molecule has 0 radical (unpaired) electrons. The average molecular weight is 429 g/mol. The summed E-state index contributed by atoms with van der Waals surface area (Å²) in [7, 11) is 1.81. The van der Waals surface area contributed by atoms with Gasteiger partial charge in [0.25, 0.3) is 5.56 Å². The van der Waals surface area contributed by atoms with Crippen molar-refractivity contribution in [2.45, 2.75) is 16.7 Å². The molecule has 5 rings (SSSR count). The van der Waals surface area contributed by atoms with Crippen LogP contribution in [0, 0.1) is 6.92 Å². The molecule has 1 aromatic heterocycles. The van der Waals surface area contributed by atoms with E-state index in [1.165, 1.54) is 0 Å². The van der Waals surface area contributed by atoms with Gasteiger partial charge in [0.15, 0.2) is 0 Å². The number of nitrogens with zero attached hydrogens (tertiary/aromatic N) is 3. The molecule has 1 aliphatic heterocycles. The van der Waals surface area contributed by atoms with E-state index in [0.717, 1.165) is 26.9 Å². The van der Waals surface area contributed by atoms with Crippen LogP contribution in [0.25, 0.3) is 5.69 Å². The zero-order valence-electron chi connectivity index (χ0n) is 17.1. The maximum absolute atomic E-state index is 13.5. The van der Waals surface area contributed by atoms with Crippen molar-refractivity contribution in [3.05, 3.63) is 94.9 Å². The smallest absolute Gasteiger partial charge is 0.301 e.